The molecule has 2 aliphatic rings. The van der Waals surface area contributed by atoms with Crippen molar-refractivity contribution >= 4 is 29.4 Å². The second-order valence-corrected chi connectivity index (χ2v) is 6.56. The van der Waals surface area contributed by atoms with E-state index < -0.39 is 23.8 Å². The minimum Gasteiger partial charge on any atom is -0.378 e. The molecule has 1 fully saturated rings. The van der Waals surface area contributed by atoms with Gasteiger partial charge in [-0.25, -0.2) is 9.97 Å². The highest BCUT2D eigenvalue weighted by atomic mass is 16.5. The highest BCUT2D eigenvalue weighted by molar-refractivity contribution is 6.23. The lowest BCUT2D eigenvalue weighted by atomic mass is 10.1. The van der Waals surface area contributed by atoms with Gasteiger partial charge >= 0.3 is 0 Å². The predicted molar refractivity (Wildman–Crippen MR) is 100 cm³/mol. The lowest BCUT2D eigenvalue weighted by molar-refractivity contribution is -0.119. The molecule has 9 nitrogen and oxygen atoms in total. The zero-order chi connectivity index (χ0) is 19.7. The number of carbonyl (C=O) groups is 3. The Labute approximate surface area is 161 Å². The Balaban J connectivity index is 1.44. The van der Waals surface area contributed by atoms with E-state index in [-0.39, 0.29) is 0 Å². The number of nitrogens with one attached hydrogen (secondary N) is 1. The molecular formula is C19H19N5O4. The SMILES string of the molecule is CC(C(=O)Nc1cnc(N2CCOCC2)nc1)N1C(=O)c2ccccc2C1=O. The molecule has 2 aliphatic heterocycles. The quantitative estimate of drug-likeness (QED) is 0.786. The summed E-state index contributed by atoms with van der Waals surface area (Å²) in [4.78, 5) is 49.1. The Hall–Kier alpha value is -3.33. The van der Waals surface area contributed by atoms with Gasteiger partial charge in [0.2, 0.25) is 11.9 Å². The largest absolute Gasteiger partial charge is 0.378 e. The Morgan fingerprint density at radius 1 is 1.07 bits per heavy atom. The van der Waals surface area contributed by atoms with Crippen LogP contribution in [0.3, 0.4) is 0 Å². The van der Waals surface area contributed by atoms with Crippen molar-refractivity contribution in [3.8, 4) is 0 Å². The second-order valence-electron chi connectivity index (χ2n) is 6.56. The fourth-order valence-corrected chi connectivity index (χ4v) is 3.24. The molecule has 144 valence electrons. The van der Waals surface area contributed by atoms with Crippen molar-refractivity contribution in [1.29, 1.82) is 0 Å². The molecule has 0 radical (unpaired) electrons. The van der Waals surface area contributed by atoms with Gasteiger partial charge in [-0.1, -0.05) is 12.1 Å². The van der Waals surface area contributed by atoms with Crippen LogP contribution in [0.2, 0.25) is 0 Å². The maximum absolute atomic E-state index is 12.6. The molecule has 28 heavy (non-hydrogen) atoms. The first-order valence-corrected chi connectivity index (χ1v) is 8.99. The minimum absolute atomic E-state index is 0.311. The summed E-state index contributed by atoms with van der Waals surface area (Å²) in [7, 11) is 0. The number of fused-ring (bicyclic) bond motifs is 1. The third-order valence-corrected chi connectivity index (χ3v) is 4.79. The molecule has 0 aliphatic carbocycles. The smallest absolute Gasteiger partial charge is 0.262 e. The van der Waals surface area contributed by atoms with E-state index in [9.17, 15) is 14.4 Å². The lowest BCUT2D eigenvalue weighted by Gasteiger charge is -2.26. The zero-order valence-corrected chi connectivity index (χ0v) is 15.3. The Kier molecular flexibility index (Phi) is 4.74. The first-order valence-electron chi connectivity index (χ1n) is 8.99. The van der Waals surface area contributed by atoms with E-state index in [2.05, 4.69) is 15.3 Å². The number of carbonyl (C=O) groups excluding carboxylic acids is 3. The molecule has 2 aromatic rings. The van der Waals surface area contributed by atoms with Crippen LogP contribution in [-0.4, -0.2) is 64.9 Å². The standard InChI is InChI=1S/C19H19N5O4/c1-12(24-17(26)14-4-2-3-5-15(14)18(24)27)16(25)22-13-10-20-19(21-11-13)23-6-8-28-9-7-23/h2-5,10-12H,6-9H2,1H3,(H,22,25). The molecule has 3 heterocycles. The molecule has 1 atom stereocenters. The number of hydrogen-bond acceptors (Lipinski definition) is 7. The van der Waals surface area contributed by atoms with Crippen LogP contribution >= 0.6 is 0 Å². The molecule has 1 aromatic carbocycles. The molecule has 0 bridgehead atoms. The maximum atomic E-state index is 12.6. The molecule has 9 heteroatoms. The first-order chi connectivity index (χ1) is 13.6. The van der Waals surface area contributed by atoms with Gasteiger partial charge in [-0.2, -0.15) is 0 Å². The summed E-state index contributed by atoms with van der Waals surface area (Å²) < 4.78 is 5.30. The average molecular weight is 381 g/mol. The Morgan fingerprint density at radius 3 is 2.21 bits per heavy atom. The number of hydrogen-bond donors (Lipinski definition) is 1. The van der Waals surface area contributed by atoms with Gasteiger partial charge in [-0.05, 0) is 19.1 Å². The third-order valence-electron chi connectivity index (χ3n) is 4.79. The van der Waals surface area contributed by atoms with Crippen molar-refractivity contribution in [2.45, 2.75) is 13.0 Å². The van der Waals surface area contributed by atoms with E-state index >= 15 is 0 Å². The first kappa shape index (κ1) is 18.1. The summed E-state index contributed by atoms with van der Waals surface area (Å²) >= 11 is 0. The number of benzene rings is 1. The number of nitrogens with zero attached hydrogens (tertiary/aromatic N) is 4. The fourth-order valence-electron chi connectivity index (χ4n) is 3.24. The summed E-state index contributed by atoms with van der Waals surface area (Å²) in [5, 5.41) is 2.66. The van der Waals surface area contributed by atoms with E-state index in [1.807, 2.05) is 4.90 Å². The topological polar surface area (TPSA) is 105 Å². The number of ether oxygens (including phenoxy) is 1. The summed E-state index contributed by atoms with van der Waals surface area (Å²) in [6.45, 7) is 4.18. The number of amides is 3. The van der Waals surface area contributed by atoms with E-state index in [4.69, 9.17) is 4.74 Å². The van der Waals surface area contributed by atoms with Crippen molar-refractivity contribution in [3.05, 3.63) is 47.8 Å². The maximum Gasteiger partial charge on any atom is 0.262 e. The highest BCUT2D eigenvalue weighted by Crippen LogP contribution is 2.25. The van der Waals surface area contributed by atoms with E-state index in [1.165, 1.54) is 19.3 Å². The number of anilines is 2. The summed E-state index contributed by atoms with van der Waals surface area (Å²) in [6, 6.07) is 5.57. The summed E-state index contributed by atoms with van der Waals surface area (Å²) in [5.74, 6) is -0.865. The normalized spacial score (nSPS) is 17.5. The molecule has 1 N–H and O–H groups in total. The van der Waals surface area contributed by atoms with Crippen LogP contribution in [0.5, 0.6) is 0 Å². The second kappa shape index (κ2) is 7.35. The predicted octanol–water partition coefficient (Wildman–Crippen LogP) is 0.936. The van der Waals surface area contributed by atoms with Gasteiger partial charge in [0.05, 0.1) is 42.4 Å². The number of rotatable bonds is 4. The third kappa shape index (κ3) is 3.20. The van der Waals surface area contributed by atoms with Gasteiger partial charge in [0.25, 0.3) is 11.8 Å². The van der Waals surface area contributed by atoms with Gasteiger partial charge in [0.15, 0.2) is 0 Å². The van der Waals surface area contributed by atoms with Crippen LogP contribution in [0.25, 0.3) is 0 Å². The molecule has 0 saturated carbocycles. The van der Waals surface area contributed by atoms with E-state index in [0.717, 1.165) is 4.90 Å². The summed E-state index contributed by atoms with van der Waals surface area (Å²) in [5.41, 5.74) is 1.01. The van der Waals surface area contributed by atoms with Gasteiger partial charge in [0.1, 0.15) is 6.04 Å². The summed E-state index contributed by atoms with van der Waals surface area (Å²) in [6.07, 6.45) is 3.01. The molecular weight excluding hydrogens is 362 g/mol. The zero-order valence-electron chi connectivity index (χ0n) is 15.3. The van der Waals surface area contributed by atoms with Gasteiger partial charge in [-0.15, -0.1) is 0 Å². The number of aromatic nitrogens is 2. The monoisotopic (exact) mass is 381 g/mol. The van der Waals surface area contributed by atoms with Crippen molar-refractivity contribution in [3.63, 3.8) is 0 Å². The Bertz CT molecular complexity index is 889. The van der Waals surface area contributed by atoms with Crippen molar-refractivity contribution in [2.75, 3.05) is 36.5 Å². The average Bonchev–Trinajstić information content (AvgIpc) is 2.99. The fraction of sp³-hybridized carbons (Fsp3) is 0.316. The lowest BCUT2D eigenvalue weighted by Crippen LogP contribution is -2.45. The van der Waals surface area contributed by atoms with Gasteiger partial charge < -0.3 is 15.0 Å². The minimum atomic E-state index is -0.966. The van der Waals surface area contributed by atoms with E-state index in [1.54, 1.807) is 24.3 Å². The van der Waals surface area contributed by atoms with Crippen molar-refractivity contribution in [1.82, 2.24) is 14.9 Å². The van der Waals surface area contributed by atoms with Crippen LogP contribution in [0.1, 0.15) is 27.6 Å². The van der Waals surface area contributed by atoms with Crippen LogP contribution in [-0.2, 0) is 9.53 Å². The van der Waals surface area contributed by atoms with Crippen LogP contribution in [0.4, 0.5) is 11.6 Å². The molecule has 3 amide bonds. The van der Waals surface area contributed by atoms with E-state index in [0.29, 0.717) is 49.1 Å². The van der Waals surface area contributed by atoms with Crippen molar-refractivity contribution < 1.29 is 19.1 Å². The van der Waals surface area contributed by atoms with Crippen LogP contribution < -0.4 is 10.2 Å². The number of imide groups is 1. The molecule has 1 unspecified atom stereocenters. The van der Waals surface area contributed by atoms with Gasteiger partial charge in [-0.3, -0.25) is 19.3 Å². The van der Waals surface area contributed by atoms with Crippen molar-refractivity contribution in [2.24, 2.45) is 0 Å². The number of morpholine rings is 1. The molecule has 1 saturated heterocycles. The molecule has 0 spiro atoms. The molecule has 1 aromatic heterocycles. The van der Waals surface area contributed by atoms with Crippen LogP contribution in [0.15, 0.2) is 36.7 Å². The van der Waals surface area contributed by atoms with Crippen LogP contribution in [0, 0.1) is 0 Å². The van der Waals surface area contributed by atoms with Gasteiger partial charge in [0, 0.05) is 13.1 Å². The Morgan fingerprint density at radius 2 is 1.64 bits per heavy atom. The highest BCUT2D eigenvalue weighted by Gasteiger charge is 2.40. The molecule has 4 rings (SSSR count).